The minimum atomic E-state index is -0.394. The van der Waals surface area contributed by atoms with Gasteiger partial charge in [-0.3, -0.25) is 0 Å². The van der Waals surface area contributed by atoms with E-state index in [4.69, 9.17) is 11.6 Å². The molecule has 0 fully saturated rings. The summed E-state index contributed by atoms with van der Waals surface area (Å²) < 4.78 is 13.1. The van der Waals surface area contributed by atoms with Gasteiger partial charge in [-0.25, -0.2) is 4.39 Å². The van der Waals surface area contributed by atoms with Crippen LogP contribution < -0.4 is 0 Å². The molecule has 0 aliphatic heterocycles. The smallest absolute Gasteiger partial charge is 0.142 e. The topological polar surface area (TPSA) is 20.2 Å². The molecule has 84 valence electrons. The monoisotopic (exact) mass is 230 g/mol. The molecule has 0 radical (unpaired) electrons. The first-order valence-corrected chi connectivity index (χ1v) is 5.55. The molecule has 0 spiro atoms. The third-order valence-electron chi connectivity index (χ3n) is 2.72. The molecule has 2 atom stereocenters. The van der Waals surface area contributed by atoms with Gasteiger partial charge in [0.25, 0.3) is 0 Å². The molecule has 0 saturated carbocycles. The van der Waals surface area contributed by atoms with Crippen LogP contribution in [-0.2, 0) is 6.42 Å². The van der Waals surface area contributed by atoms with Crippen LogP contribution in [0.15, 0.2) is 18.2 Å². The second-order valence-electron chi connectivity index (χ2n) is 3.83. The van der Waals surface area contributed by atoms with Crippen LogP contribution in [-0.4, -0.2) is 11.2 Å². The van der Waals surface area contributed by atoms with Gasteiger partial charge in [-0.1, -0.05) is 37.1 Å². The second kappa shape index (κ2) is 5.47. The van der Waals surface area contributed by atoms with Crippen molar-refractivity contribution in [1.29, 1.82) is 0 Å². The lowest BCUT2D eigenvalue weighted by Crippen LogP contribution is -2.18. The van der Waals surface area contributed by atoms with E-state index in [1.54, 1.807) is 19.1 Å². The fraction of sp³-hybridized carbons (Fsp3) is 0.500. The summed E-state index contributed by atoms with van der Waals surface area (Å²) in [5, 5.41) is 9.67. The highest BCUT2D eigenvalue weighted by Crippen LogP contribution is 2.24. The van der Waals surface area contributed by atoms with E-state index in [-0.39, 0.29) is 10.9 Å². The number of benzene rings is 1. The zero-order chi connectivity index (χ0) is 11.4. The first kappa shape index (κ1) is 12.5. The molecule has 3 heteroatoms. The summed E-state index contributed by atoms with van der Waals surface area (Å²) in [6.45, 7) is 3.76. The van der Waals surface area contributed by atoms with E-state index in [0.717, 1.165) is 12.0 Å². The van der Waals surface area contributed by atoms with Gasteiger partial charge in [-0.05, 0) is 30.9 Å². The van der Waals surface area contributed by atoms with Gasteiger partial charge < -0.3 is 5.11 Å². The van der Waals surface area contributed by atoms with E-state index >= 15 is 0 Å². The molecule has 0 saturated heterocycles. The first-order chi connectivity index (χ1) is 7.06. The zero-order valence-electron chi connectivity index (χ0n) is 9.00. The van der Waals surface area contributed by atoms with E-state index in [0.29, 0.717) is 6.42 Å². The van der Waals surface area contributed by atoms with Crippen molar-refractivity contribution in [1.82, 2.24) is 0 Å². The first-order valence-electron chi connectivity index (χ1n) is 5.17. The molecular formula is C12H16ClFO. The summed E-state index contributed by atoms with van der Waals surface area (Å²) in [4.78, 5) is 0. The number of hydrogen-bond acceptors (Lipinski definition) is 1. The average Bonchev–Trinajstić information content (AvgIpc) is 2.19. The third kappa shape index (κ3) is 3.18. The molecule has 1 N–H and O–H groups in total. The van der Waals surface area contributed by atoms with Crippen LogP contribution in [0.3, 0.4) is 0 Å². The third-order valence-corrected chi connectivity index (χ3v) is 3.14. The molecular weight excluding hydrogens is 215 g/mol. The van der Waals surface area contributed by atoms with Crippen LogP contribution in [0.4, 0.5) is 4.39 Å². The molecule has 0 heterocycles. The lowest BCUT2D eigenvalue weighted by molar-refractivity contribution is 0.123. The molecule has 1 aromatic rings. The van der Waals surface area contributed by atoms with E-state index in [2.05, 4.69) is 0 Å². The Kier molecular flexibility index (Phi) is 4.55. The highest BCUT2D eigenvalue weighted by Gasteiger charge is 2.16. The maximum atomic E-state index is 13.1. The molecule has 0 aliphatic rings. The van der Waals surface area contributed by atoms with Gasteiger partial charge in [0, 0.05) is 0 Å². The van der Waals surface area contributed by atoms with Crippen molar-refractivity contribution in [2.24, 2.45) is 5.92 Å². The van der Waals surface area contributed by atoms with Crippen LogP contribution in [0.25, 0.3) is 0 Å². The van der Waals surface area contributed by atoms with Gasteiger partial charge in [0.05, 0.1) is 11.1 Å². The quantitative estimate of drug-likeness (QED) is 0.840. The summed E-state index contributed by atoms with van der Waals surface area (Å²) in [5.74, 6) is -0.265. The number of hydrogen-bond donors (Lipinski definition) is 1. The number of rotatable bonds is 4. The van der Waals surface area contributed by atoms with Crippen molar-refractivity contribution in [2.75, 3.05) is 0 Å². The predicted molar refractivity (Wildman–Crippen MR) is 60.6 cm³/mol. The van der Waals surface area contributed by atoms with Crippen molar-refractivity contribution < 1.29 is 9.50 Å². The Bertz CT molecular complexity index is 325. The second-order valence-corrected chi connectivity index (χ2v) is 4.20. The molecule has 0 amide bonds. The van der Waals surface area contributed by atoms with Gasteiger partial charge in [0.1, 0.15) is 5.82 Å². The molecule has 15 heavy (non-hydrogen) atoms. The molecule has 0 aromatic heterocycles. The lowest BCUT2D eigenvalue weighted by Gasteiger charge is -2.18. The number of halogens is 2. The zero-order valence-corrected chi connectivity index (χ0v) is 9.76. The van der Waals surface area contributed by atoms with Gasteiger partial charge in [0.15, 0.2) is 0 Å². The Morgan fingerprint density at radius 1 is 1.47 bits per heavy atom. The largest absolute Gasteiger partial charge is 0.393 e. The van der Waals surface area contributed by atoms with Crippen molar-refractivity contribution >= 4 is 11.6 Å². The highest BCUT2D eigenvalue weighted by atomic mass is 35.5. The summed E-state index contributed by atoms with van der Waals surface area (Å²) in [5.41, 5.74) is 0.768. The van der Waals surface area contributed by atoms with Gasteiger partial charge >= 0.3 is 0 Å². The van der Waals surface area contributed by atoms with E-state index < -0.39 is 11.9 Å². The van der Waals surface area contributed by atoms with Gasteiger partial charge in [-0.2, -0.15) is 0 Å². The predicted octanol–water partition coefficient (Wildman–Crippen LogP) is 3.43. The van der Waals surface area contributed by atoms with E-state index in [1.807, 2.05) is 6.92 Å². The highest BCUT2D eigenvalue weighted by molar-refractivity contribution is 6.31. The summed E-state index contributed by atoms with van der Waals surface area (Å²) in [7, 11) is 0. The summed E-state index contributed by atoms with van der Waals surface area (Å²) in [6, 6.07) is 4.79. The van der Waals surface area contributed by atoms with Crippen LogP contribution in [0.1, 0.15) is 25.8 Å². The Morgan fingerprint density at radius 2 is 2.13 bits per heavy atom. The SMILES string of the molecule is CCC(Cc1cccc(F)c1Cl)C(C)O. The minimum Gasteiger partial charge on any atom is -0.393 e. The van der Waals surface area contributed by atoms with Crippen molar-refractivity contribution in [3.05, 3.63) is 34.6 Å². The Morgan fingerprint density at radius 3 is 2.67 bits per heavy atom. The fourth-order valence-corrected chi connectivity index (χ4v) is 1.85. The molecule has 1 nitrogen and oxygen atoms in total. The van der Waals surface area contributed by atoms with Crippen LogP contribution >= 0.6 is 11.6 Å². The average molecular weight is 231 g/mol. The maximum absolute atomic E-state index is 13.1. The van der Waals surface area contributed by atoms with Crippen molar-refractivity contribution in [3.8, 4) is 0 Å². The van der Waals surface area contributed by atoms with Gasteiger partial charge in [-0.15, -0.1) is 0 Å². The lowest BCUT2D eigenvalue weighted by atomic mass is 9.92. The normalized spacial score (nSPS) is 15.0. The van der Waals surface area contributed by atoms with Crippen LogP contribution in [0.2, 0.25) is 5.02 Å². The summed E-state index contributed by atoms with van der Waals surface area (Å²) in [6.07, 6.45) is 1.07. The molecule has 1 aromatic carbocycles. The minimum absolute atomic E-state index is 0.129. The van der Waals surface area contributed by atoms with Gasteiger partial charge in [0.2, 0.25) is 0 Å². The molecule has 0 aliphatic carbocycles. The Balaban J connectivity index is 2.84. The molecule has 2 unspecified atom stereocenters. The Hall–Kier alpha value is -0.600. The number of aliphatic hydroxyl groups excluding tert-OH is 1. The van der Waals surface area contributed by atoms with Crippen molar-refractivity contribution in [3.63, 3.8) is 0 Å². The van der Waals surface area contributed by atoms with Crippen LogP contribution in [0, 0.1) is 11.7 Å². The maximum Gasteiger partial charge on any atom is 0.142 e. The van der Waals surface area contributed by atoms with Crippen molar-refractivity contribution in [2.45, 2.75) is 32.8 Å². The standard InChI is InChI=1S/C12H16ClFO/c1-3-9(8(2)15)7-10-5-4-6-11(14)12(10)13/h4-6,8-9,15H,3,7H2,1-2H3. The van der Waals surface area contributed by atoms with E-state index in [9.17, 15) is 9.50 Å². The van der Waals surface area contributed by atoms with E-state index in [1.165, 1.54) is 6.07 Å². The number of aliphatic hydroxyl groups is 1. The Labute approximate surface area is 94.9 Å². The summed E-state index contributed by atoms with van der Waals surface area (Å²) >= 11 is 5.84. The molecule has 1 rings (SSSR count). The fourth-order valence-electron chi connectivity index (χ4n) is 1.64. The van der Waals surface area contributed by atoms with Crippen LogP contribution in [0.5, 0.6) is 0 Å². The molecule has 0 bridgehead atoms.